The molecule has 0 aliphatic rings. The Bertz CT molecular complexity index is 684. The first-order valence-corrected chi connectivity index (χ1v) is 6.30. The first-order chi connectivity index (χ1) is 10.1. The fourth-order valence-corrected chi connectivity index (χ4v) is 1.78. The summed E-state index contributed by atoms with van der Waals surface area (Å²) in [6.45, 7) is 0. The normalized spacial score (nSPS) is 10.5. The van der Waals surface area contributed by atoms with E-state index in [4.69, 9.17) is 0 Å². The van der Waals surface area contributed by atoms with E-state index >= 15 is 0 Å². The number of rotatable bonds is 4. The fourth-order valence-electron chi connectivity index (χ4n) is 1.78. The van der Waals surface area contributed by atoms with E-state index in [1.807, 2.05) is 0 Å². The molecule has 0 spiro atoms. The molecule has 4 heteroatoms. The van der Waals surface area contributed by atoms with Crippen LogP contribution in [0.1, 0.15) is 26.3 Å². The Morgan fingerprint density at radius 1 is 1.05 bits per heavy atom. The van der Waals surface area contributed by atoms with Crippen LogP contribution in [0.5, 0.6) is 5.75 Å². The molecule has 0 saturated carbocycles. The Labute approximate surface area is 122 Å². The SMILES string of the molecule is COC(=O)c1cccc(/C=C/C(=O)c2ccc(O)cc2)c1. The Kier molecular flexibility index (Phi) is 4.51. The van der Waals surface area contributed by atoms with Crippen LogP contribution >= 0.6 is 0 Å². The number of carbonyl (C=O) groups is 2. The zero-order valence-corrected chi connectivity index (χ0v) is 11.4. The molecule has 0 bridgehead atoms. The van der Waals surface area contributed by atoms with Gasteiger partial charge in [0.15, 0.2) is 5.78 Å². The Hall–Kier alpha value is -2.88. The lowest BCUT2D eigenvalue weighted by Gasteiger charge is -2.00. The monoisotopic (exact) mass is 282 g/mol. The second-order valence-electron chi connectivity index (χ2n) is 4.36. The molecular formula is C17H14O4. The van der Waals surface area contributed by atoms with Crippen LogP contribution in [-0.2, 0) is 4.74 Å². The number of methoxy groups -OCH3 is 1. The van der Waals surface area contributed by atoms with Crippen molar-refractivity contribution >= 4 is 17.8 Å². The minimum Gasteiger partial charge on any atom is -0.508 e. The molecule has 0 atom stereocenters. The third-order valence-corrected chi connectivity index (χ3v) is 2.89. The molecule has 0 heterocycles. The van der Waals surface area contributed by atoms with Gasteiger partial charge in [-0.15, -0.1) is 0 Å². The number of esters is 1. The number of phenolic OH excluding ortho intramolecular Hbond substituents is 1. The van der Waals surface area contributed by atoms with Crippen molar-refractivity contribution in [3.63, 3.8) is 0 Å². The van der Waals surface area contributed by atoms with E-state index in [2.05, 4.69) is 4.74 Å². The lowest BCUT2D eigenvalue weighted by Crippen LogP contribution is -2.00. The summed E-state index contributed by atoms with van der Waals surface area (Å²) in [5.41, 5.74) is 1.63. The van der Waals surface area contributed by atoms with Gasteiger partial charge in [-0.05, 0) is 48.0 Å². The van der Waals surface area contributed by atoms with Crippen molar-refractivity contribution in [2.45, 2.75) is 0 Å². The molecule has 0 aliphatic heterocycles. The highest BCUT2D eigenvalue weighted by Crippen LogP contribution is 2.12. The molecule has 1 N–H and O–H groups in total. The van der Waals surface area contributed by atoms with Crippen molar-refractivity contribution in [3.05, 3.63) is 71.3 Å². The average Bonchev–Trinajstić information content (AvgIpc) is 2.52. The molecule has 21 heavy (non-hydrogen) atoms. The number of allylic oxidation sites excluding steroid dienone is 1. The van der Waals surface area contributed by atoms with E-state index < -0.39 is 5.97 Å². The van der Waals surface area contributed by atoms with Crippen LogP contribution in [0.4, 0.5) is 0 Å². The van der Waals surface area contributed by atoms with Gasteiger partial charge in [-0.3, -0.25) is 4.79 Å². The highest BCUT2D eigenvalue weighted by atomic mass is 16.5. The van der Waals surface area contributed by atoms with E-state index in [0.29, 0.717) is 11.1 Å². The number of aromatic hydroxyl groups is 1. The summed E-state index contributed by atoms with van der Waals surface area (Å²) in [6, 6.07) is 12.8. The molecule has 0 radical (unpaired) electrons. The van der Waals surface area contributed by atoms with Crippen molar-refractivity contribution in [1.82, 2.24) is 0 Å². The lowest BCUT2D eigenvalue weighted by atomic mass is 10.1. The molecule has 4 nitrogen and oxygen atoms in total. The van der Waals surface area contributed by atoms with Crippen molar-refractivity contribution < 1.29 is 19.4 Å². The largest absolute Gasteiger partial charge is 0.508 e. The molecule has 0 aliphatic carbocycles. The van der Waals surface area contributed by atoms with Gasteiger partial charge in [-0.25, -0.2) is 4.79 Å². The van der Waals surface area contributed by atoms with Crippen molar-refractivity contribution in [2.75, 3.05) is 7.11 Å². The van der Waals surface area contributed by atoms with Crippen molar-refractivity contribution in [2.24, 2.45) is 0 Å². The van der Waals surface area contributed by atoms with Gasteiger partial charge in [0.25, 0.3) is 0 Å². The molecule has 0 saturated heterocycles. The molecule has 0 fully saturated rings. The van der Waals surface area contributed by atoms with Crippen molar-refractivity contribution in [3.8, 4) is 5.75 Å². The summed E-state index contributed by atoms with van der Waals surface area (Å²) in [6.07, 6.45) is 3.05. The predicted molar refractivity (Wildman–Crippen MR) is 79.3 cm³/mol. The number of carbonyl (C=O) groups excluding carboxylic acids is 2. The van der Waals surface area contributed by atoms with Gasteiger partial charge in [0.1, 0.15) is 5.75 Å². The van der Waals surface area contributed by atoms with E-state index in [1.54, 1.807) is 42.5 Å². The minimum absolute atomic E-state index is 0.112. The maximum absolute atomic E-state index is 11.9. The van der Waals surface area contributed by atoms with Crippen LogP contribution in [-0.4, -0.2) is 24.0 Å². The van der Waals surface area contributed by atoms with Crippen LogP contribution in [0.3, 0.4) is 0 Å². The number of ketones is 1. The van der Waals surface area contributed by atoms with E-state index in [1.165, 1.54) is 25.3 Å². The number of ether oxygens (including phenoxy) is 1. The van der Waals surface area contributed by atoms with Crippen LogP contribution in [0, 0.1) is 0 Å². The molecular weight excluding hydrogens is 268 g/mol. The van der Waals surface area contributed by atoms with Gasteiger partial charge in [0.05, 0.1) is 12.7 Å². The summed E-state index contributed by atoms with van der Waals surface area (Å²) in [5.74, 6) is -0.491. The van der Waals surface area contributed by atoms with E-state index in [0.717, 1.165) is 5.56 Å². The number of hydrogen-bond donors (Lipinski definition) is 1. The first kappa shape index (κ1) is 14.5. The zero-order chi connectivity index (χ0) is 15.2. The zero-order valence-electron chi connectivity index (χ0n) is 11.4. The minimum atomic E-state index is -0.421. The third kappa shape index (κ3) is 3.79. The molecule has 2 aromatic carbocycles. The van der Waals surface area contributed by atoms with Crippen LogP contribution in [0.15, 0.2) is 54.6 Å². The van der Waals surface area contributed by atoms with Gasteiger partial charge < -0.3 is 9.84 Å². The van der Waals surface area contributed by atoms with Crippen LogP contribution in [0.2, 0.25) is 0 Å². The quantitative estimate of drug-likeness (QED) is 0.532. The second-order valence-corrected chi connectivity index (χ2v) is 4.36. The highest BCUT2D eigenvalue weighted by Gasteiger charge is 2.05. The average molecular weight is 282 g/mol. The maximum atomic E-state index is 11.9. The summed E-state index contributed by atoms with van der Waals surface area (Å²) < 4.78 is 4.64. The molecule has 106 valence electrons. The van der Waals surface area contributed by atoms with Gasteiger partial charge in [0.2, 0.25) is 0 Å². The third-order valence-electron chi connectivity index (χ3n) is 2.89. The summed E-state index contributed by atoms with van der Waals surface area (Å²) in [7, 11) is 1.32. The van der Waals surface area contributed by atoms with Gasteiger partial charge in [-0.1, -0.05) is 18.2 Å². The number of benzene rings is 2. The Morgan fingerprint density at radius 2 is 1.76 bits per heavy atom. The molecule has 2 rings (SSSR count). The molecule has 0 unspecified atom stereocenters. The summed E-state index contributed by atoms with van der Waals surface area (Å²) in [4.78, 5) is 23.4. The number of phenols is 1. The van der Waals surface area contributed by atoms with Crippen LogP contribution < -0.4 is 0 Å². The molecule has 0 aromatic heterocycles. The Morgan fingerprint density at radius 3 is 2.43 bits per heavy atom. The lowest BCUT2D eigenvalue weighted by molar-refractivity contribution is 0.0600. The summed E-state index contributed by atoms with van der Waals surface area (Å²) >= 11 is 0. The van der Waals surface area contributed by atoms with E-state index in [9.17, 15) is 14.7 Å². The number of hydrogen-bond acceptors (Lipinski definition) is 4. The first-order valence-electron chi connectivity index (χ1n) is 6.30. The van der Waals surface area contributed by atoms with Gasteiger partial charge in [0, 0.05) is 5.56 Å². The predicted octanol–water partition coefficient (Wildman–Crippen LogP) is 3.07. The maximum Gasteiger partial charge on any atom is 0.337 e. The molecule has 0 amide bonds. The smallest absolute Gasteiger partial charge is 0.337 e. The Balaban J connectivity index is 2.15. The highest BCUT2D eigenvalue weighted by molar-refractivity contribution is 6.07. The van der Waals surface area contributed by atoms with Gasteiger partial charge >= 0.3 is 5.97 Å². The standard InChI is InChI=1S/C17H14O4/c1-21-17(20)14-4-2-3-12(11-14)5-10-16(19)13-6-8-15(18)9-7-13/h2-11,18H,1H3/b10-5+. The molecule has 2 aromatic rings. The van der Waals surface area contributed by atoms with Crippen molar-refractivity contribution in [1.29, 1.82) is 0 Å². The second kappa shape index (κ2) is 6.52. The van der Waals surface area contributed by atoms with Gasteiger partial charge in [-0.2, -0.15) is 0 Å². The topological polar surface area (TPSA) is 63.6 Å². The summed E-state index contributed by atoms with van der Waals surface area (Å²) in [5, 5.41) is 9.18. The van der Waals surface area contributed by atoms with Crippen LogP contribution in [0.25, 0.3) is 6.08 Å². The fraction of sp³-hybridized carbons (Fsp3) is 0.0588. The van der Waals surface area contributed by atoms with E-state index in [-0.39, 0.29) is 11.5 Å².